The third-order valence-electron chi connectivity index (χ3n) is 6.23. The molecule has 0 aliphatic rings. The average Bonchev–Trinajstić information content (AvgIpc) is 3.06. The van der Waals surface area contributed by atoms with E-state index in [2.05, 4.69) is 13.2 Å². The summed E-state index contributed by atoms with van der Waals surface area (Å²) in [5.74, 6) is -1.32. The second-order valence-corrected chi connectivity index (χ2v) is 9.14. The number of rotatable bonds is 12. The normalized spacial score (nSPS) is 10.2. The maximum atomic E-state index is 12.6. The summed E-state index contributed by atoms with van der Waals surface area (Å²) in [7, 11) is 1.55. The van der Waals surface area contributed by atoms with Crippen molar-refractivity contribution in [2.75, 3.05) is 13.7 Å². The molecule has 0 spiro atoms. The SMILES string of the molecule is C=CC(=O)Oc1ccc(CCOC(=O)c2ccc(-c3ccc(OC(=O)c4ccc(OC)cc4)cc3)cc2)cc1OC(=O)C=C. The van der Waals surface area contributed by atoms with Crippen LogP contribution in [0.3, 0.4) is 0 Å². The quantitative estimate of drug-likeness (QED) is 0.108. The van der Waals surface area contributed by atoms with Crippen molar-refractivity contribution in [3.05, 3.63) is 133 Å². The van der Waals surface area contributed by atoms with E-state index in [9.17, 15) is 19.2 Å². The lowest BCUT2D eigenvalue weighted by atomic mass is 10.0. The smallest absolute Gasteiger partial charge is 0.343 e. The van der Waals surface area contributed by atoms with Crippen LogP contribution in [0.5, 0.6) is 23.0 Å². The summed E-state index contributed by atoms with van der Waals surface area (Å²) in [5, 5.41) is 0. The lowest BCUT2D eigenvalue weighted by Crippen LogP contribution is -2.10. The molecule has 4 rings (SSSR count). The molecule has 0 aliphatic carbocycles. The Morgan fingerprint density at radius 1 is 0.614 bits per heavy atom. The monoisotopic (exact) mass is 592 g/mol. The first-order chi connectivity index (χ1) is 21.3. The van der Waals surface area contributed by atoms with Crippen LogP contribution in [0.15, 0.2) is 116 Å². The van der Waals surface area contributed by atoms with Gasteiger partial charge in [0.2, 0.25) is 0 Å². The number of carbonyl (C=O) groups excluding carboxylic acids is 4. The van der Waals surface area contributed by atoms with Gasteiger partial charge in [-0.3, -0.25) is 0 Å². The van der Waals surface area contributed by atoms with Gasteiger partial charge in [-0.2, -0.15) is 0 Å². The van der Waals surface area contributed by atoms with E-state index < -0.39 is 23.9 Å². The van der Waals surface area contributed by atoms with Gasteiger partial charge in [-0.1, -0.05) is 43.5 Å². The molecule has 4 aromatic rings. The van der Waals surface area contributed by atoms with Crippen molar-refractivity contribution in [3.63, 3.8) is 0 Å². The van der Waals surface area contributed by atoms with Crippen LogP contribution in [-0.4, -0.2) is 37.6 Å². The van der Waals surface area contributed by atoms with Crippen molar-refractivity contribution in [2.24, 2.45) is 0 Å². The van der Waals surface area contributed by atoms with E-state index in [1.165, 1.54) is 12.1 Å². The minimum atomic E-state index is -0.725. The van der Waals surface area contributed by atoms with Crippen LogP contribution in [-0.2, 0) is 20.7 Å². The van der Waals surface area contributed by atoms with Gasteiger partial charge in [0.15, 0.2) is 11.5 Å². The van der Waals surface area contributed by atoms with E-state index >= 15 is 0 Å². The number of benzene rings is 4. The van der Waals surface area contributed by atoms with E-state index in [1.807, 2.05) is 12.1 Å². The largest absolute Gasteiger partial charge is 0.497 e. The fourth-order valence-electron chi connectivity index (χ4n) is 3.92. The number of ether oxygens (including phenoxy) is 5. The Bertz CT molecular complexity index is 1670. The summed E-state index contributed by atoms with van der Waals surface area (Å²) in [6, 6.07) is 25.2. The van der Waals surface area contributed by atoms with Crippen LogP contribution in [0.1, 0.15) is 26.3 Å². The zero-order valence-electron chi connectivity index (χ0n) is 23.8. The van der Waals surface area contributed by atoms with Gasteiger partial charge in [-0.05, 0) is 77.4 Å². The molecule has 222 valence electrons. The second kappa shape index (κ2) is 14.8. The highest BCUT2D eigenvalue weighted by Crippen LogP contribution is 2.29. The Morgan fingerprint density at radius 3 is 1.73 bits per heavy atom. The zero-order valence-corrected chi connectivity index (χ0v) is 23.8. The Morgan fingerprint density at radius 2 is 1.14 bits per heavy atom. The van der Waals surface area contributed by atoms with Crippen LogP contribution in [0.25, 0.3) is 11.1 Å². The number of carbonyl (C=O) groups is 4. The standard InChI is InChI=1S/C35H28O9/c1-4-32(36)43-30-19-6-23(22-31(30)44-33(37)5-2)20-21-41-34(38)26-9-7-24(8-10-26)25-11-17-29(18-12-25)42-35(39)27-13-15-28(40-3)16-14-27/h4-19,22H,1-2,20-21H2,3H3. The number of esters is 4. The van der Waals surface area contributed by atoms with Gasteiger partial charge in [-0.25, -0.2) is 19.2 Å². The maximum absolute atomic E-state index is 12.6. The fourth-order valence-corrected chi connectivity index (χ4v) is 3.92. The van der Waals surface area contributed by atoms with Gasteiger partial charge in [0.25, 0.3) is 0 Å². The van der Waals surface area contributed by atoms with Crippen molar-refractivity contribution >= 4 is 23.9 Å². The molecule has 0 saturated carbocycles. The van der Waals surface area contributed by atoms with E-state index in [-0.39, 0.29) is 18.1 Å². The van der Waals surface area contributed by atoms with E-state index in [0.29, 0.717) is 34.6 Å². The van der Waals surface area contributed by atoms with Gasteiger partial charge in [0.1, 0.15) is 11.5 Å². The maximum Gasteiger partial charge on any atom is 0.343 e. The number of methoxy groups -OCH3 is 1. The van der Waals surface area contributed by atoms with Crippen LogP contribution in [0.2, 0.25) is 0 Å². The molecule has 0 aliphatic heterocycles. The summed E-state index contributed by atoms with van der Waals surface area (Å²) >= 11 is 0. The first-order valence-electron chi connectivity index (χ1n) is 13.3. The zero-order chi connectivity index (χ0) is 31.5. The third-order valence-corrected chi connectivity index (χ3v) is 6.23. The molecule has 9 nitrogen and oxygen atoms in total. The molecular weight excluding hydrogens is 564 g/mol. The summed E-state index contributed by atoms with van der Waals surface area (Å²) in [5.41, 5.74) is 3.17. The molecule has 44 heavy (non-hydrogen) atoms. The molecule has 0 atom stereocenters. The van der Waals surface area contributed by atoms with Gasteiger partial charge in [-0.15, -0.1) is 0 Å². The fraction of sp³-hybridized carbons (Fsp3) is 0.0857. The van der Waals surface area contributed by atoms with Crippen molar-refractivity contribution in [2.45, 2.75) is 6.42 Å². The van der Waals surface area contributed by atoms with Crippen molar-refractivity contribution < 1.29 is 42.9 Å². The molecule has 0 bridgehead atoms. The van der Waals surface area contributed by atoms with Crippen LogP contribution in [0.4, 0.5) is 0 Å². The molecule has 0 fully saturated rings. The molecule has 0 unspecified atom stereocenters. The second-order valence-electron chi connectivity index (χ2n) is 9.14. The Labute approximate surface area is 253 Å². The predicted octanol–water partition coefficient (Wildman–Crippen LogP) is 6.16. The number of hydrogen-bond acceptors (Lipinski definition) is 9. The minimum Gasteiger partial charge on any atom is -0.497 e. The summed E-state index contributed by atoms with van der Waals surface area (Å²) in [6.45, 7) is 6.75. The molecule has 9 heteroatoms. The molecule has 0 amide bonds. The lowest BCUT2D eigenvalue weighted by molar-refractivity contribution is -0.131. The molecule has 4 aromatic carbocycles. The summed E-state index contributed by atoms with van der Waals surface area (Å²) < 4.78 is 26.2. The Kier molecular flexibility index (Phi) is 10.4. The molecule has 0 heterocycles. The molecule has 0 aromatic heterocycles. The lowest BCUT2D eigenvalue weighted by Gasteiger charge is -2.11. The van der Waals surface area contributed by atoms with Crippen molar-refractivity contribution in [1.82, 2.24) is 0 Å². The van der Waals surface area contributed by atoms with Crippen LogP contribution < -0.4 is 18.9 Å². The van der Waals surface area contributed by atoms with E-state index in [1.54, 1.807) is 73.8 Å². The van der Waals surface area contributed by atoms with Gasteiger partial charge < -0.3 is 23.7 Å². The van der Waals surface area contributed by atoms with Gasteiger partial charge in [0, 0.05) is 18.6 Å². The van der Waals surface area contributed by atoms with Gasteiger partial charge in [0.05, 0.1) is 24.8 Å². The molecule has 0 N–H and O–H groups in total. The van der Waals surface area contributed by atoms with Crippen LogP contribution >= 0.6 is 0 Å². The van der Waals surface area contributed by atoms with Crippen LogP contribution in [0, 0.1) is 0 Å². The highest BCUT2D eigenvalue weighted by Gasteiger charge is 2.14. The Hall–Kier alpha value is -5.96. The third kappa shape index (κ3) is 8.29. The molecular formula is C35H28O9. The topological polar surface area (TPSA) is 114 Å². The predicted molar refractivity (Wildman–Crippen MR) is 162 cm³/mol. The highest BCUT2D eigenvalue weighted by molar-refractivity contribution is 5.91. The average molecular weight is 593 g/mol. The highest BCUT2D eigenvalue weighted by atomic mass is 16.6. The van der Waals surface area contributed by atoms with Crippen molar-refractivity contribution in [1.29, 1.82) is 0 Å². The van der Waals surface area contributed by atoms with E-state index in [0.717, 1.165) is 23.3 Å². The first kappa shape index (κ1) is 31.0. The minimum absolute atomic E-state index is 0.0212. The van der Waals surface area contributed by atoms with E-state index in [4.69, 9.17) is 23.7 Å². The summed E-state index contributed by atoms with van der Waals surface area (Å²) in [4.78, 5) is 48.3. The van der Waals surface area contributed by atoms with Gasteiger partial charge >= 0.3 is 23.9 Å². The van der Waals surface area contributed by atoms with Crippen molar-refractivity contribution in [3.8, 4) is 34.1 Å². The Balaban J connectivity index is 1.32. The first-order valence-corrected chi connectivity index (χ1v) is 13.3. The molecule has 0 radical (unpaired) electrons. The molecule has 0 saturated heterocycles. The summed E-state index contributed by atoms with van der Waals surface area (Å²) in [6.07, 6.45) is 2.28. The number of hydrogen-bond donors (Lipinski definition) is 0.